The van der Waals surface area contributed by atoms with E-state index in [0.717, 1.165) is 48.4 Å². The van der Waals surface area contributed by atoms with Crippen LogP contribution in [-0.2, 0) is 17.9 Å². The molecule has 1 saturated heterocycles. The van der Waals surface area contributed by atoms with Crippen LogP contribution in [-0.4, -0.2) is 40.0 Å². The first-order valence-electron chi connectivity index (χ1n) is 12.2. The van der Waals surface area contributed by atoms with Crippen molar-refractivity contribution in [3.8, 4) is 11.5 Å². The molecule has 1 N–H and O–H groups in total. The van der Waals surface area contributed by atoms with Crippen molar-refractivity contribution in [3.63, 3.8) is 0 Å². The van der Waals surface area contributed by atoms with Crippen LogP contribution in [0.3, 0.4) is 0 Å². The number of imidazole rings is 1. The van der Waals surface area contributed by atoms with Crippen LogP contribution in [0.15, 0.2) is 66.2 Å². The van der Waals surface area contributed by atoms with Crippen molar-refractivity contribution in [1.29, 1.82) is 0 Å². The molecule has 1 amide bonds. The van der Waals surface area contributed by atoms with Gasteiger partial charge in [-0.3, -0.25) is 10.1 Å². The molecule has 2 aliphatic rings. The monoisotopic (exact) mass is 473 g/mol. The molecule has 2 aromatic carbocycles. The number of unbranched alkanes of at least 4 members (excludes halogenated alkanes) is 4. The number of aryl methyl sites for hydroxylation is 1. The third-order valence-electron chi connectivity index (χ3n) is 6.52. The lowest BCUT2D eigenvalue weighted by atomic mass is 10.0. The molecular formula is C27H31N5O3. The van der Waals surface area contributed by atoms with Crippen molar-refractivity contribution in [2.24, 2.45) is 4.99 Å². The molecule has 1 atom stereocenters. The zero-order valence-corrected chi connectivity index (χ0v) is 20.0. The topological polar surface area (TPSA) is 81.0 Å². The number of aromatic nitrogens is 2. The average molecular weight is 474 g/mol. The van der Waals surface area contributed by atoms with E-state index in [2.05, 4.69) is 14.9 Å². The van der Waals surface area contributed by atoms with E-state index in [1.807, 2.05) is 66.1 Å². The predicted octanol–water partition coefficient (Wildman–Crippen LogP) is 4.60. The standard InChI is InChI=1S/C27H31N5O3/c1-34-25-21-18-32-24(20-10-6-5-7-11-20)26(33)30-27(32)29-22(21)12-13-23(25)35-17-9-4-2-3-8-15-31-16-14-28-19-31/h5-7,10-14,16,19,24H,2-4,8-9,15,17-18H2,1H3,(H,29,30,33). The maximum absolute atomic E-state index is 12.7. The van der Waals surface area contributed by atoms with E-state index in [4.69, 9.17) is 14.5 Å². The van der Waals surface area contributed by atoms with Gasteiger partial charge in [-0.05, 0) is 30.5 Å². The summed E-state index contributed by atoms with van der Waals surface area (Å²) in [4.78, 5) is 23.5. The van der Waals surface area contributed by atoms with Gasteiger partial charge in [0.15, 0.2) is 11.5 Å². The first kappa shape index (κ1) is 23.0. The zero-order chi connectivity index (χ0) is 24.0. The minimum Gasteiger partial charge on any atom is -0.492 e. The summed E-state index contributed by atoms with van der Waals surface area (Å²) in [6, 6.07) is 13.2. The largest absolute Gasteiger partial charge is 0.492 e. The van der Waals surface area contributed by atoms with E-state index in [1.165, 1.54) is 12.8 Å². The van der Waals surface area contributed by atoms with Crippen molar-refractivity contribution < 1.29 is 14.3 Å². The summed E-state index contributed by atoms with van der Waals surface area (Å²) >= 11 is 0. The molecule has 3 aromatic rings. The summed E-state index contributed by atoms with van der Waals surface area (Å²) in [5, 5.41) is 2.93. The molecule has 0 radical (unpaired) electrons. The molecule has 0 spiro atoms. The number of hydrogen-bond donors (Lipinski definition) is 1. The molecule has 3 heterocycles. The fourth-order valence-corrected chi connectivity index (χ4v) is 4.74. The van der Waals surface area contributed by atoms with E-state index in [-0.39, 0.29) is 5.91 Å². The Morgan fingerprint density at radius 3 is 2.69 bits per heavy atom. The second-order valence-electron chi connectivity index (χ2n) is 8.88. The number of methoxy groups -OCH3 is 1. The van der Waals surface area contributed by atoms with E-state index in [1.54, 1.807) is 7.11 Å². The van der Waals surface area contributed by atoms with Gasteiger partial charge in [-0.1, -0.05) is 49.6 Å². The molecule has 2 aliphatic heterocycles. The summed E-state index contributed by atoms with van der Waals surface area (Å²) in [5.41, 5.74) is 2.67. The quantitative estimate of drug-likeness (QED) is 0.412. The van der Waals surface area contributed by atoms with Gasteiger partial charge in [0.1, 0.15) is 6.04 Å². The highest BCUT2D eigenvalue weighted by Crippen LogP contribution is 2.43. The van der Waals surface area contributed by atoms with Crippen molar-refractivity contribution >= 4 is 17.6 Å². The first-order valence-corrected chi connectivity index (χ1v) is 12.2. The van der Waals surface area contributed by atoms with Gasteiger partial charge in [0.05, 0.1) is 32.3 Å². The normalized spacial score (nSPS) is 16.4. The van der Waals surface area contributed by atoms with Crippen LogP contribution in [0.4, 0.5) is 5.69 Å². The summed E-state index contributed by atoms with van der Waals surface area (Å²) in [6.45, 7) is 2.18. The van der Waals surface area contributed by atoms with Crippen molar-refractivity contribution in [2.45, 2.75) is 51.2 Å². The molecule has 8 nitrogen and oxygen atoms in total. The van der Waals surface area contributed by atoms with Gasteiger partial charge in [-0.2, -0.15) is 0 Å². The third-order valence-corrected chi connectivity index (χ3v) is 6.52. The van der Waals surface area contributed by atoms with E-state index < -0.39 is 6.04 Å². The second-order valence-corrected chi connectivity index (χ2v) is 8.88. The van der Waals surface area contributed by atoms with Crippen molar-refractivity contribution in [1.82, 2.24) is 19.8 Å². The highest BCUT2D eigenvalue weighted by atomic mass is 16.5. The minimum atomic E-state index is -0.411. The highest BCUT2D eigenvalue weighted by Gasteiger charge is 2.41. The van der Waals surface area contributed by atoms with Crippen LogP contribution in [0.1, 0.15) is 49.3 Å². The summed E-state index contributed by atoms with van der Waals surface area (Å²) in [6.07, 6.45) is 11.4. The number of hydrogen-bond acceptors (Lipinski definition) is 6. The van der Waals surface area contributed by atoms with Crippen LogP contribution in [0, 0.1) is 0 Å². The number of nitrogens with zero attached hydrogens (tertiary/aromatic N) is 4. The Hall–Kier alpha value is -3.81. The molecule has 1 aromatic heterocycles. The molecule has 5 rings (SSSR count). The number of nitrogens with one attached hydrogen (secondary N) is 1. The van der Waals surface area contributed by atoms with Gasteiger partial charge >= 0.3 is 0 Å². The van der Waals surface area contributed by atoms with Crippen LogP contribution in [0.5, 0.6) is 11.5 Å². The number of fused-ring (bicyclic) bond motifs is 2. The second kappa shape index (κ2) is 10.6. The number of carbonyl (C=O) groups is 1. The van der Waals surface area contributed by atoms with Crippen LogP contribution >= 0.6 is 0 Å². The highest BCUT2D eigenvalue weighted by molar-refractivity contribution is 6.08. The predicted molar refractivity (Wildman–Crippen MR) is 134 cm³/mol. The van der Waals surface area contributed by atoms with E-state index in [0.29, 0.717) is 24.9 Å². The lowest BCUT2D eigenvalue weighted by molar-refractivity contribution is -0.121. The van der Waals surface area contributed by atoms with Gasteiger partial charge in [0.25, 0.3) is 5.91 Å². The minimum absolute atomic E-state index is 0.0665. The summed E-state index contributed by atoms with van der Waals surface area (Å²) in [5.74, 6) is 1.93. The molecule has 0 saturated carbocycles. The van der Waals surface area contributed by atoms with Crippen molar-refractivity contribution in [2.75, 3.05) is 13.7 Å². The fourth-order valence-electron chi connectivity index (χ4n) is 4.74. The Labute approximate surface area is 205 Å². The Morgan fingerprint density at radius 2 is 1.89 bits per heavy atom. The third kappa shape index (κ3) is 5.01. The maximum atomic E-state index is 12.7. The molecule has 0 bridgehead atoms. The van der Waals surface area contributed by atoms with Gasteiger partial charge in [0, 0.05) is 24.5 Å². The Bertz CT molecular complexity index is 1180. The molecule has 0 aliphatic carbocycles. The number of amides is 1. The first-order chi connectivity index (χ1) is 17.2. The zero-order valence-electron chi connectivity index (χ0n) is 20.0. The number of aliphatic imine (C=N–C) groups is 1. The van der Waals surface area contributed by atoms with Crippen LogP contribution in [0.2, 0.25) is 0 Å². The van der Waals surface area contributed by atoms with E-state index >= 15 is 0 Å². The molecular weight excluding hydrogens is 442 g/mol. The Kier molecular flexibility index (Phi) is 6.97. The summed E-state index contributed by atoms with van der Waals surface area (Å²) in [7, 11) is 1.66. The van der Waals surface area contributed by atoms with Crippen LogP contribution in [0.25, 0.3) is 0 Å². The maximum Gasteiger partial charge on any atom is 0.254 e. The lowest BCUT2D eigenvalue weighted by Gasteiger charge is -2.29. The molecule has 182 valence electrons. The molecule has 8 heteroatoms. The number of carbonyl (C=O) groups excluding carboxylic acids is 1. The molecule has 35 heavy (non-hydrogen) atoms. The Balaban J connectivity index is 1.18. The van der Waals surface area contributed by atoms with Crippen LogP contribution < -0.4 is 14.8 Å². The van der Waals surface area contributed by atoms with Gasteiger partial charge in [-0.15, -0.1) is 0 Å². The fraction of sp³-hybridized carbons (Fsp3) is 0.370. The average Bonchev–Trinajstić information content (AvgIpc) is 3.51. The SMILES string of the molecule is COc1c(OCCCCCCCn2ccnc2)ccc2c1CN1C(=N2)NC(=O)C1c1ccccc1. The number of rotatable bonds is 11. The number of guanidine groups is 1. The smallest absolute Gasteiger partial charge is 0.254 e. The Morgan fingerprint density at radius 1 is 1.06 bits per heavy atom. The number of ether oxygens (including phenoxy) is 2. The number of benzene rings is 2. The van der Waals surface area contributed by atoms with E-state index in [9.17, 15) is 4.79 Å². The molecule has 1 unspecified atom stereocenters. The van der Waals surface area contributed by atoms with Gasteiger partial charge < -0.3 is 18.9 Å². The van der Waals surface area contributed by atoms with Gasteiger partial charge in [-0.25, -0.2) is 9.98 Å². The molecule has 1 fully saturated rings. The van der Waals surface area contributed by atoms with Crippen molar-refractivity contribution in [3.05, 3.63) is 72.3 Å². The summed E-state index contributed by atoms with van der Waals surface area (Å²) < 4.78 is 14.0. The lowest BCUT2D eigenvalue weighted by Crippen LogP contribution is -2.33. The van der Waals surface area contributed by atoms with Gasteiger partial charge in [0.2, 0.25) is 5.96 Å².